The van der Waals surface area contributed by atoms with Crippen LogP contribution < -0.4 is 16.2 Å². The third kappa shape index (κ3) is 8.51. The Kier molecular flexibility index (Phi) is 11.5. The summed E-state index contributed by atoms with van der Waals surface area (Å²) in [5.74, 6) is 1.28. The largest absolute Gasteiger partial charge is 0.480 e. The Balaban J connectivity index is 0.000000151. The van der Waals surface area contributed by atoms with E-state index in [1.54, 1.807) is 13.4 Å². The fourth-order valence-corrected chi connectivity index (χ4v) is 11.7. The summed E-state index contributed by atoms with van der Waals surface area (Å²) in [7, 11) is 1.63. The number of nitrogens with two attached hydrogens (primary N) is 2. The molecule has 8 heterocycles. The van der Waals surface area contributed by atoms with Gasteiger partial charge in [0.05, 0.1) is 53.2 Å². The van der Waals surface area contributed by atoms with Crippen LogP contribution in [0.3, 0.4) is 0 Å². The molecule has 2 saturated heterocycles. The van der Waals surface area contributed by atoms with Gasteiger partial charge in [-0.05, 0) is 151 Å². The molecule has 8 atom stereocenters. The number of rotatable bonds is 9. The Bertz CT molecular complexity index is 3250. The summed E-state index contributed by atoms with van der Waals surface area (Å²) in [6, 6.07) is 21.4. The van der Waals surface area contributed by atoms with Crippen molar-refractivity contribution in [2.45, 2.75) is 128 Å². The van der Waals surface area contributed by atoms with Gasteiger partial charge in [-0.25, -0.2) is 29.9 Å². The van der Waals surface area contributed by atoms with Gasteiger partial charge >= 0.3 is 0 Å². The number of anilines is 2. The summed E-state index contributed by atoms with van der Waals surface area (Å²) < 4.78 is 35.5. The molecule has 15 nitrogen and oxygen atoms in total. The SMILES string of the molecule is COc1ncnc2c1ccn2[C@@H]1C[C@H](CCc2ccc3cc(C)c(N)nc3c2)[C@H]2OC(C)(C)O[C@H]21.Cc1cc2ccc(CC[C@H]3C[C@@H](n4ccc5c(Cl)ncnc54)[C@@H]4OC(C)(C)O[C@H]34)cc2nc1N. The molecule has 12 rings (SSSR count). The number of hydrogen-bond acceptors (Lipinski definition) is 13. The molecule has 2 aliphatic carbocycles. The number of aryl methyl sites for hydroxylation is 4. The Labute approximate surface area is 405 Å². The molecule has 4 fully saturated rings. The first-order chi connectivity index (χ1) is 33.1. The van der Waals surface area contributed by atoms with Gasteiger partial charge in [0.1, 0.15) is 52.9 Å². The maximum absolute atomic E-state index is 6.44. The van der Waals surface area contributed by atoms with Crippen molar-refractivity contribution < 1.29 is 23.7 Å². The first-order valence-electron chi connectivity index (χ1n) is 24.0. The van der Waals surface area contributed by atoms with Crippen molar-refractivity contribution in [1.82, 2.24) is 39.0 Å². The molecule has 16 heteroatoms. The highest BCUT2D eigenvalue weighted by molar-refractivity contribution is 6.33. The van der Waals surface area contributed by atoms with Crippen LogP contribution in [0.2, 0.25) is 5.15 Å². The van der Waals surface area contributed by atoms with Crippen LogP contribution in [0.15, 0.2) is 85.7 Å². The maximum atomic E-state index is 6.44. The number of fused-ring (bicyclic) bond motifs is 6. The van der Waals surface area contributed by atoms with Gasteiger partial charge in [-0.2, -0.15) is 0 Å². The predicted molar refractivity (Wildman–Crippen MR) is 267 cm³/mol. The zero-order valence-electron chi connectivity index (χ0n) is 40.1. The zero-order chi connectivity index (χ0) is 47.9. The van der Waals surface area contributed by atoms with Crippen molar-refractivity contribution in [3.8, 4) is 5.88 Å². The number of methoxy groups -OCH3 is 1. The first-order valence-corrected chi connectivity index (χ1v) is 24.3. The van der Waals surface area contributed by atoms with E-state index < -0.39 is 11.6 Å². The van der Waals surface area contributed by atoms with Gasteiger partial charge < -0.3 is 44.3 Å². The lowest BCUT2D eigenvalue weighted by Crippen LogP contribution is -2.27. The van der Waals surface area contributed by atoms with Crippen molar-refractivity contribution >= 4 is 67.1 Å². The van der Waals surface area contributed by atoms with Gasteiger partial charge in [0.15, 0.2) is 11.6 Å². The van der Waals surface area contributed by atoms with Crippen LogP contribution in [-0.2, 0) is 31.8 Å². The average molecular weight is 952 g/mol. The van der Waals surface area contributed by atoms with Crippen LogP contribution in [0.25, 0.3) is 43.9 Å². The molecule has 0 spiro atoms. The Morgan fingerprint density at radius 2 is 1.09 bits per heavy atom. The molecule has 0 unspecified atom stereocenters. The standard InChI is InChI=1S/C27H31N5O3.C26H28ClN5O2/c1-15-11-17-7-5-16(12-20(17)31-24(15)28)6-8-18-13-21(23-22(18)34-27(2,3)35-23)32-10-9-19-25(32)29-14-30-26(19)33-4;1-14-10-16-6-4-15(11-19(16)31-24(14)28)5-7-17-12-20(22-21(17)33-26(2,3)34-22)32-9-8-18-23(27)29-13-30-25(18)32/h5,7,9-12,14,18,21-23H,6,8,13H2,1-4H3,(H2,28,31);4,6,8-11,13,17,20-22H,5,7,12H2,1-3H3,(H2,28,31)/t18-,21+,22+,23-;17-,20+,21+,22-/m00/s1. The molecule has 0 amide bonds. The lowest BCUT2D eigenvalue weighted by atomic mass is 9.95. The minimum absolute atomic E-state index is 0.0339. The van der Waals surface area contributed by atoms with Gasteiger partial charge in [-0.1, -0.05) is 35.9 Å². The smallest absolute Gasteiger partial charge is 0.225 e. The quantitative estimate of drug-likeness (QED) is 0.130. The van der Waals surface area contributed by atoms with Crippen LogP contribution in [-0.4, -0.2) is 82.1 Å². The topological polar surface area (TPSA) is 185 Å². The second kappa shape index (κ2) is 17.5. The van der Waals surface area contributed by atoms with Crippen molar-refractivity contribution in [2.75, 3.05) is 18.6 Å². The number of aromatic nitrogens is 8. The van der Waals surface area contributed by atoms with Gasteiger partial charge in [-0.15, -0.1) is 0 Å². The van der Waals surface area contributed by atoms with E-state index in [1.165, 1.54) is 17.5 Å². The van der Waals surface area contributed by atoms with Crippen molar-refractivity contribution in [1.29, 1.82) is 0 Å². The number of nitrogen functional groups attached to an aromatic ring is 2. The summed E-state index contributed by atoms with van der Waals surface area (Å²) in [6.45, 7) is 12.0. The second-order valence-electron chi connectivity index (χ2n) is 20.2. The number of pyridine rings is 2. The summed E-state index contributed by atoms with van der Waals surface area (Å²) in [5.41, 5.74) is 20.2. The third-order valence-electron chi connectivity index (χ3n) is 14.8. The van der Waals surface area contributed by atoms with Crippen LogP contribution in [0.4, 0.5) is 11.6 Å². The maximum Gasteiger partial charge on any atom is 0.225 e. The molecule has 0 radical (unpaired) electrons. The van der Waals surface area contributed by atoms with Gasteiger partial charge in [-0.3, -0.25) is 0 Å². The van der Waals surface area contributed by atoms with Crippen molar-refractivity contribution in [2.24, 2.45) is 11.8 Å². The summed E-state index contributed by atoms with van der Waals surface area (Å²) in [5, 5.41) is 4.48. The highest BCUT2D eigenvalue weighted by atomic mass is 35.5. The highest BCUT2D eigenvalue weighted by Crippen LogP contribution is 2.51. The fraction of sp³-hybridized carbons (Fsp3) is 0.434. The van der Waals surface area contributed by atoms with E-state index in [1.807, 2.05) is 59.9 Å². The molecular weight excluding hydrogens is 892 g/mol. The normalized spacial score (nSPS) is 25.6. The average Bonchev–Trinajstić information content (AvgIpc) is 4.17. The van der Waals surface area contributed by atoms with Crippen LogP contribution in [0.5, 0.6) is 5.88 Å². The van der Waals surface area contributed by atoms with Gasteiger partial charge in [0.2, 0.25) is 5.88 Å². The predicted octanol–water partition coefficient (Wildman–Crippen LogP) is 9.83. The number of halogens is 1. The van der Waals surface area contributed by atoms with Crippen molar-refractivity contribution in [3.63, 3.8) is 0 Å². The van der Waals surface area contributed by atoms with Crippen LogP contribution >= 0.6 is 11.6 Å². The fourth-order valence-electron chi connectivity index (χ4n) is 11.5. The van der Waals surface area contributed by atoms with Gasteiger partial charge in [0, 0.05) is 23.2 Å². The Morgan fingerprint density at radius 3 is 1.59 bits per heavy atom. The van der Waals surface area contributed by atoms with Crippen LogP contribution in [0, 0.1) is 25.7 Å². The molecule has 69 heavy (non-hydrogen) atoms. The van der Waals surface area contributed by atoms with E-state index in [0.717, 1.165) is 93.5 Å². The first kappa shape index (κ1) is 45.5. The number of benzene rings is 2. The molecule has 2 aromatic carbocycles. The molecule has 0 bridgehead atoms. The number of nitrogens with zero attached hydrogens (tertiary/aromatic N) is 8. The minimum Gasteiger partial charge on any atom is -0.480 e. The lowest BCUT2D eigenvalue weighted by molar-refractivity contribution is -0.160. The minimum atomic E-state index is -0.607. The number of ether oxygens (including phenoxy) is 5. The van der Waals surface area contributed by atoms with E-state index in [4.69, 9.17) is 46.8 Å². The molecular formula is C53H59ClN10O5. The van der Waals surface area contributed by atoms with Crippen molar-refractivity contribution in [3.05, 3.63) is 113 Å². The number of hydrogen-bond donors (Lipinski definition) is 2. The molecule has 4 aliphatic rings. The molecule has 4 N–H and O–H groups in total. The summed E-state index contributed by atoms with van der Waals surface area (Å²) >= 11 is 6.31. The zero-order valence-corrected chi connectivity index (χ0v) is 40.9. The molecule has 2 saturated carbocycles. The van der Waals surface area contributed by atoms with E-state index in [2.05, 4.69) is 93.8 Å². The second-order valence-corrected chi connectivity index (χ2v) is 20.6. The van der Waals surface area contributed by atoms with E-state index >= 15 is 0 Å². The Morgan fingerprint density at radius 1 is 0.623 bits per heavy atom. The van der Waals surface area contributed by atoms with Crippen LogP contribution in [0.1, 0.15) is 87.7 Å². The Hall–Kier alpha value is -5.97. The summed E-state index contributed by atoms with van der Waals surface area (Å²) in [6.07, 6.45) is 13.0. The van der Waals surface area contributed by atoms with E-state index in [0.29, 0.717) is 34.5 Å². The molecule has 8 aromatic rings. The molecule has 358 valence electrons. The molecule has 2 aliphatic heterocycles. The summed E-state index contributed by atoms with van der Waals surface area (Å²) in [4.78, 5) is 26.6. The van der Waals surface area contributed by atoms with Gasteiger partial charge in [0.25, 0.3) is 0 Å². The monoisotopic (exact) mass is 950 g/mol. The highest BCUT2D eigenvalue weighted by Gasteiger charge is 2.55. The van der Waals surface area contributed by atoms with E-state index in [-0.39, 0.29) is 36.5 Å². The van der Waals surface area contributed by atoms with E-state index in [9.17, 15) is 0 Å². The lowest BCUT2D eigenvalue weighted by Gasteiger charge is -2.24. The third-order valence-corrected chi connectivity index (χ3v) is 15.1. The molecule has 6 aromatic heterocycles.